The SMILES string of the molecule is COc1ccc(S(=O)(=O)NCC2(C(=O)O)CC2)cc1OC. The summed E-state index contributed by atoms with van der Waals surface area (Å²) >= 11 is 0. The zero-order valence-corrected chi connectivity index (χ0v) is 12.6. The van der Waals surface area contributed by atoms with Gasteiger partial charge in [-0.1, -0.05) is 0 Å². The molecular formula is C13H17NO6S. The quantitative estimate of drug-likeness (QED) is 0.773. The molecule has 0 radical (unpaired) electrons. The second kappa shape index (κ2) is 5.53. The Kier molecular flexibility index (Phi) is 4.11. The minimum absolute atomic E-state index is 0.00124. The molecular weight excluding hydrogens is 298 g/mol. The topological polar surface area (TPSA) is 102 Å². The van der Waals surface area contributed by atoms with Crippen molar-refractivity contribution in [1.29, 1.82) is 0 Å². The minimum Gasteiger partial charge on any atom is -0.493 e. The molecule has 0 saturated heterocycles. The molecule has 0 atom stereocenters. The maximum absolute atomic E-state index is 12.2. The van der Waals surface area contributed by atoms with E-state index < -0.39 is 21.4 Å². The second-order valence-electron chi connectivity index (χ2n) is 4.93. The maximum Gasteiger partial charge on any atom is 0.310 e. The van der Waals surface area contributed by atoms with Crippen molar-refractivity contribution >= 4 is 16.0 Å². The number of rotatable bonds is 7. The van der Waals surface area contributed by atoms with E-state index in [4.69, 9.17) is 14.6 Å². The van der Waals surface area contributed by atoms with E-state index >= 15 is 0 Å². The first-order valence-electron chi connectivity index (χ1n) is 6.30. The maximum atomic E-state index is 12.2. The normalized spacial score (nSPS) is 16.3. The fraction of sp³-hybridized carbons (Fsp3) is 0.462. The van der Waals surface area contributed by atoms with Gasteiger partial charge in [0.15, 0.2) is 11.5 Å². The van der Waals surface area contributed by atoms with Crippen LogP contribution in [0.15, 0.2) is 23.1 Å². The van der Waals surface area contributed by atoms with Gasteiger partial charge in [-0.05, 0) is 25.0 Å². The van der Waals surface area contributed by atoms with Crippen LogP contribution in [0.1, 0.15) is 12.8 Å². The average molecular weight is 315 g/mol. The largest absolute Gasteiger partial charge is 0.493 e. The molecule has 0 unspecified atom stereocenters. The number of carbonyl (C=O) groups is 1. The van der Waals surface area contributed by atoms with E-state index in [-0.39, 0.29) is 11.4 Å². The van der Waals surface area contributed by atoms with Crippen molar-refractivity contribution in [2.45, 2.75) is 17.7 Å². The van der Waals surface area contributed by atoms with E-state index in [1.807, 2.05) is 0 Å². The van der Waals surface area contributed by atoms with Gasteiger partial charge in [0.05, 0.1) is 24.5 Å². The summed E-state index contributed by atoms with van der Waals surface area (Å²) in [6, 6.07) is 4.20. The number of carboxylic acid groups (broad SMARTS) is 1. The Morgan fingerprint density at radius 1 is 1.29 bits per heavy atom. The van der Waals surface area contributed by atoms with Gasteiger partial charge >= 0.3 is 5.97 Å². The molecule has 8 heteroatoms. The molecule has 21 heavy (non-hydrogen) atoms. The minimum atomic E-state index is -3.79. The van der Waals surface area contributed by atoms with E-state index in [0.717, 1.165) is 0 Å². The van der Waals surface area contributed by atoms with Crippen LogP contribution < -0.4 is 14.2 Å². The molecule has 1 aliphatic rings. The fourth-order valence-electron chi connectivity index (χ4n) is 1.92. The second-order valence-corrected chi connectivity index (χ2v) is 6.69. The van der Waals surface area contributed by atoms with Gasteiger partial charge in [0.25, 0.3) is 0 Å². The Morgan fingerprint density at radius 2 is 1.90 bits per heavy atom. The monoisotopic (exact) mass is 315 g/mol. The van der Waals surface area contributed by atoms with Crippen LogP contribution in [-0.2, 0) is 14.8 Å². The van der Waals surface area contributed by atoms with E-state index in [9.17, 15) is 13.2 Å². The van der Waals surface area contributed by atoms with Crippen LogP contribution in [0.3, 0.4) is 0 Å². The van der Waals surface area contributed by atoms with Gasteiger partial charge in [0.2, 0.25) is 10.0 Å². The Bertz CT molecular complexity index is 651. The van der Waals surface area contributed by atoms with Gasteiger partial charge in [0.1, 0.15) is 0 Å². The molecule has 1 aromatic rings. The third-order valence-electron chi connectivity index (χ3n) is 3.57. The van der Waals surface area contributed by atoms with Crippen LogP contribution in [0.5, 0.6) is 11.5 Å². The lowest BCUT2D eigenvalue weighted by Crippen LogP contribution is -2.34. The lowest BCUT2D eigenvalue weighted by atomic mass is 10.1. The molecule has 0 heterocycles. The predicted octanol–water partition coefficient (Wildman–Crippen LogP) is 0.847. The predicted molar refractivity (Wildman–Crippen MR) is 74.0 cm³/mol. The van der Waals surface area contributed by atoms with Crippen molar-refractivity contribution in [3.05, 3.63) is 18.2 Å². The molecule has 7 nitrogen and oxygen atoms in total. The van der Waals surface area contributed by atoms with Crippen LogP contribution in [0.4, 0.5) is 0 Å². The molecule has 2 N–H and O–H groups in total. The summed E-state index contributed by atoms with van der Waals surface area (Å²) in [5.74, 6) is -0.266. The molecule has 116 valence electrons. The van der Waals surface area contributed by atoms with Gasteiger partial charge in [-0.2, -0.15) is 0 Å². The van der Waals surface area contributed by atoms with Crippen LogP contribution in [0.25, 0.3) is 0 Å². The molecule has 0 aliphatic heterocycles. The number of hydrogen-bond acceptors (Lipinski definition) is 5. The third-order valence-corrected chi connectivity index (χ3v) is 4.97. The summed E-state index contributed by atoms with van der Waals surface area (Å²) in [5.41, 5.74) is -0.955. The summed E-state index contributed by atoms with van der Waals surface area (Å²) in [6.45, 7) is -0.112. The smallest absolute Gasteiger partial charge is 0.310 e. The Morgan fingerprint density at radius 3 is 2.38 bits per heavy atom. The van der Waals surface area contributed by atoms with Crippen LogP contribution in [0.2, 0.25) is 0 Å². The number of benzene rings is 1. The number of sulfonamides is 1. The first-order valence-corrected chi connectivity index (χ1v) is 7.78. The molecule has 2 rings (SSSR count). The summed E-state index contributed by atoms with van der Waals surface area (Å²) in [4.78, 5) is 11.1. The van der Waals surface area contributed by atoms with Crippen molar-refractivity contribution in [3.8, 4) is 11.5 Å². The average Bonchev–Trinajstić information content (AvgIpc) is 3.25. The lowest BCUT2D eigenvalue weighted by molar-refractivity contribution is -0.143. The molecule has 0 bridgehead atoms. The zero-order valence-electron chi connectivity index (χ0n) is 11.8. The molecule has 1 fully saturated rings. The van der Waals surface area contributed by atoms with Crippen molar-refractivity contribution in [2.24, 2.45) is 5.41 Å². The summed E-state index contributed by atoms with van der Waals surface area (Å²) in [7, 11) is -0.933. The van der Waals surface area contributed by atoms with Crippen LogP contribution in [0, 0.1) is 5.41 Å². The van der Waals surface area contributed by atoms with Gasteiger partial charge in [0, 0.05) is 12.6 Å². The van der Waals surface area contributed by atoms with Crippen molar-refractivity contribution < 1.29 is 27.8 Å². The first kappa shape index (κ1) is 15.6. The number of nitrogens with one attached hydrogen (secondary N) is 1. The number of ether oxygens (including phenoxy) is 2. The van der Waals surface area contributed by atoms with Crippen LogP contribution >= 0.6 is 0 Å². The van der Waals surface area contributed by atoms with E-state index in [1.54, 1.807) is 0 Å². The highest BCUT2D eigenvalue weighted by Crippen LogP contribution is 2.45. The number of methoxy groups -OCH3 is 2. The number of hydrogen-bond donors (Lipinski definition) is 2. The van der Waals surface area contributed by atoms with Crippen molar-refractivity contribution in [2.75, 3.05) is 20.8 Å². The molecule has 1 aromatic carbocycles. The van der Waals surface area contributed by atoms with Crippen LogP contribution in [-0.4, -0.2) is 40.3 Å². The Balaban J connectivity index is 2.18. The van der Waals surface area contributed by atoms with Gasteiger partial charge in [-0.3, -0.25) is 4.79 Å². The van der Waals surface area contributed by atoms with Crippen molar-refractivity contribution in [3.63, 3.8) is 0 Å². The molecule has 1 saturated carbocycles. The Hall–Kier alpha value is -1.80. The highest BCUT2D eigenvalue weighted by atomic mass is 32.2. The summed E-state index contributed by atoms with van der Waals surface area (Å²) < 4.78 is 36.8. The van der Waals surface area contributed by atoms with Crippen molar-refractivity contribution in [1.82, 2.24) is 4.72 Å². The fourth-order valence-corrected chi connectivity index (χ4v) is 3.06. The molecule has 0 amide bonds. The summed E-state index contributed by atoms with van der Waals surface area (Å²) in [5, 5.41) is 9.05. The molecule has 1 aliphatic carbocycles. The standard InChI is InChI=1S/C13H17NO6S/c1-19-10-4-3-9(7-11(10)20-2)21(17,18)14-8-13(5-6-13)12(15)16/h3-4,7,14H,5-6,8H2,1-2H3,(H,15,16). The zero-order chi connectivity index (χ0) is 15.7. The third kappa shape index (κ3) is 3.11. The number of aliphatic carboxylic acids is 1. The van der Waals surface area contributed by atoms with E-state index in [1.165, 1.54) is 32.4 Å². The first-order chi connectivity index (χ1) is 9.84. The molecule has 0 spiro atoms. The highest BCUT2D eigenvalue weighted by molar-refractivity contribution is 7.89. The number of carboxylic acids is 1. The van der Waals surface area contributed by atoms with Gasteiger partial charge in [-0.15, -0.1) is 0 Å². The lowest BCUT2D eigenvalue weighted by Gasteiger charge is -2.13. The molecule has 0 aromatic heterocycles. The summed E-state index contributed by atoms with van der Waals surface area (Å²) in [6.07, 6.45) is 0.966. The van der Waals surface area contributed by atoms with Gasteiger partial charge < -0.3 is 14.6 Å². The Labute approximate surface area is 122 Å². The van der Waals surface area contributed by atoms with Gasteiger partial charge in [-0.25, -0.2) is 13.1 Å². The van der Waals surface area contributed by atoms with E-state index in [0.29, 0.717) is 24.3 Å². The van der Waals surface area contributed by atoms with E-state index in [2.05, 4.69) is 4.72 Å². The highest BCUT2D eigenvalue weighted by Gasteiger charge is 2.50.